The van der Waals surface area contributed by atoms with Crippen LogP contribution in [0, 0.1) is 0 Å². The monoisotopic (exact) mass is 182 g/mol. The van der Waals surface area contributed by atoms with Gasteiger partial charge in [0.05, 0.1) is 5.57 Å². The summed E-state index contributed by atoms with van der Waals surface area (Å²) >= 11 is 0. The van der Waals surface area contributed by atoms with Gasteiger partial charge in [0.1, 0.15) is 7.85 Å². The maximum absolute atomic E-state index is 12.1. The number of hydrogen-bond acceptors (Lipinski definition) is 0. The highest BCUT2D eigenvalue weighted by atomic mass is 19.4. The van der Waals surface area contributed by atoms with Crippen molar-refractivity contribution in [1.29, 1.82) is 0 Å². The van der Waals surface area contributed by atoms with E-state index in [0.717, 1.165) is 0 Å². The molecule has 0 saturated carbocycles. The van der Waals surface area contributed by atoms with E-state index in [-0.39, 0.29) is 5.56 Å². The minimum absolute atomic E-state index is 0.0432. The molecule has 1 aromatic carbocycles. The summed E-state index contributed by atoms with van der Waals surface area (Å²) in [5.74, 6) is 0. The third kappa shape index (κ3) is 2.37. The lowest BCUT2D eigenvalue weighted by Gasteiger charge is -2.09. The molecule has 66 valence electrons. The van der Waals surface area contributed by atoms with Gasteiger partial charge in [-0.05, 0) is 5.56 Å². The second kappa shape index (κ2) is 3.28. The van der Waals surface area contributed by atoms with E-state index < -0.39 is 11.7 Å². The summed E-state index contributed by atoms with van der Waals surface area (Å²) in [6.45, 7) is 2.96. The van der Waals surface area contributed by atoms with Gasteiger partial charge >= 0.3 is 6.18 Å². The van der Waals surface area contributed by atoms with E-state index in [1.54, 1.807) is 0 Å². The molecule has 0 aliphatic heterocycles. The fourth-order valence-corrected chi connectivity index (χ4v) is 0.848. The highest BCUT2D eigenvalue weighted by molar-refractivity contribution is 6.32. The van der Waals surface area contributed by atoms with Gasteiger partial charge in [-0.1, -0.05) is 36.3 Å². The third-order valence-electron chi connectivity index (χ3n) is 1.60. The van der Waals surface area contributed by atoms with Crippen molar-refractivity contribution in [3.8, 4) is 0 Å². The van der Waals surface area contributed by atoms with Gasteiger partial charge in [0.2, 0.25) is 0 Å². The van der Waals surface area contributed by atoms with Gasteiger partial charge in [-0.3, -0.25) is 0 Å². The number of benzene rings is 1. The van der Waals surface area contributed by atoms with Crippen molar-refractivity contribution in [2.24, 2.45) is 0 Å². The molecule has 0 amide bonds. The van der Waals surface area contributed by atoms with Crippen LogP contribution in [-0.4, -0.2) is 14.0 Å². The molecule has 4 heteroatoms. The van der Waals surface area contributed by atoms with E-state index >= 15 is 0 Å². The fraction of sp³-hybridized carbons (Fsp3) is 0.111. The van der Waals surface area contributed by atoms with E-state index in [4.69, 9.17) is 7.85 Å². The molecule has 0 heterocycles. The molecule has 0 aliphatic rings. The Labute approximate surface area is 75.5 Å². The van der Waals surface area contributed by atoms with Crippen LogP contribution < -0.4 is 5.46 Å². The first kappa shape index (κ1) is 9.90. The molecule has 1 aromatic rings. The first-order valence-electron chi connectivity index (χ1n) is 3.53. The molecule has 2 radical (unpaired) electrons. The molecule has 0 spiro atoms. The molecule has 13 heavy (non-hydrogen) atoms. The summed E-state index contributed by atoms with van der Waals surface area (Å²) in [6, 6.07) is 5.41. The number of alkyl halides is 3. The molecular weight excluding hydrogens is 176 g/mol. The van der Waals surface area contributed by atoms with Crippen LogP contribution in [0.25, 0.3) is 5.57 Å². The van der Waals surface area contributed by atoms with Crippen LogP contribution in [-0.2, 0) is 0 Å². The van der Waals surface area contributed by atoms with Crippen LogP contribution >= 0.6 is 0 Å². The maximum atomic E-state index is 12.1. The Morgan fingerprint density at radius 1 is 1.15 bits per heavy atom. The van der Waals surface area contributed by atoms with Crippen molar-refractivity contribution >= 4 is 18.9 Å². The molecule has 0 atom stereocenters. The van der Waals surface area contributed by atoms with Crippen molar-refractivity contribution < 1.29 is 13.2 Å². The largest absolute Gasteiger partial charge is 0.416 e. The predicted molar refractivity (Wildman–Crippen MR) is 46.9 cm³/mol. The SMILES string of the molecule is [B]c1ccc(C(=C)C(F)(F)F)cc1. The van der Waals surface area contributed by atoms with Crippen LogP contribution in [0.5, 0.6) is 0 Å². The van der Waals surface area contributed by atoms with Gasteiger partial charge in [0.15, 0.2) is 0 Å². The zero-order valence-corrected chi connectivity index (χ0v) is 6.73. The van der Waals surface area contributed by atoms with Gasteiger partial charge in [-0.25, -0.2) is 0 Å². The average molecular weight is 182 g/mol. The first-order chi connectivity index (χ1) is 5.91. The van der Waals surface area contributed by atoms with Gasteiger partial charge in [-0.2, -0.15) is 13.2 Å². The molecule has 0 nitrogen and oxygen atoms in total. The minimum Gasteiger partial charge on any atom is -0.166 e. The average Bonchev–Trinajstić information content (AvgIpc) is 2.03. The summed E-state index contributed by atoms with van der Waals surface area (Å²) in [5, 5.41) is 0. The Morgan fingerprint density at radius 2 is 1.62 bits per heavy atom. The quantitative estimate of drug-likeness (QED) is 0.583. The van der Waals surface area contributed by atoms with Crippen molar-refractivity contribution in [3.63, 3.8) is 0 Å². The van der Waals surface area contributed by atoms with E-state index in [2.05, 4.69) is 6.58 Å². The van der Waals surface area contributed by atoms with Gasteiger partial charge in [0.25, 0.3) is 0 Å². The van der Waals surface area contributed by atoms with Gasteiger partial charge < -0.3 is 0 Å². The Hall–Kier alpha value is -1.19. The smallest absolute Gasteiger partial charge is 0.166 e. The fourth-order valence-electron chi connectivity index (χ4n) is 0.848. The number of hydrogen-bond donors (Lipinski definition) is 0. The van der Waals surface area contributed by atoms with Crippen LogP contribution in [0.15, 0.2) is 30.8 Å². The zero-order chi connectivity index (χ0) is 10.1. The summed E-state index contributed by atoms with van der Waals surface area (Å²) < 4.78 is 36.3. The lowest BCUT2D eigenvalue weighted by Crippen LogP contribution is -2.10. The molecular formula is C9H6BF3. The van der Waals surface area contributed by atoms with Gasteiger partial charge in [-0.15, -0.1) is 0 Å². The standard InChI is InChI=1S/C9H6BF3/c1-6(9(11,12)13)7-2-4-8(10)5-3-7/h2-5H,1H2. The Kier molecular flexibility index (Phi) is 2.50. The molecule has 0 aliphatic carbocycles. The maximum Gasteiger partial charge on any atom is 0.416 e. The molecule has 0 aromatic heterocycles. The summed E-state index contributed by atoms with van der Waals surface area (Å²) in [5.41, 5.74) is -0.382. The first-order valence-corrected chi connectivity index (χ1v) is 3.53. The Morgan fingerprint density at radius 3 is 2.00 bits per heavy atom. The second-order valence-corrected chi connectivity index (χ2v) is 2.60. The molecule has 0 bridgehead atoms. The van der Waals surface area contributed by atoms with E-state index in [1.807, 2.05) is 0 Å². The van der Waals surface area contributed by atoms with E-state index in [0.29, 0.717) is 5.46 Å². The van der Waals surface area contributed by atoms with Gasteiger partial charge in [0, 0.05) is 0 Å². The molecule has 0 unspecified atom stereocenters. The van der Waals surface area contributed by atoms with Crippen molar-refractivity contribution in [3.05, 3.63) is 36.4 Å². The summed E-state index contributed by atoms with van der Waals surface area (Å²) in [4.78, 5) is 0. The Bertz CT molecular complexity index is 311. The third-order valence-corrected chi connectivity index (χ3v) is 1.60. The molecule has 1 rings (SSSR count). The molecule has 0 N–H and O–H groups in total. The predicted octanol–water partition coefficient (Wildman–Crippen LogP) is 2.06. The molecule has 0 fully saturated rings. The van der Waals surface area contributed by atoms with Crippen LogP contribution in [0.4, 0.5) is 13.2 Å². The highest BCUT2D eigenvalue weighted by Crippen LogP contribution is 2.31. The lowest BCUT2D eigenvalue weighted by molar-refractivity contribution is -0.0686. The van der Waals surface area contributed by atoms with Crippen LogP contribution in [0.1, 0.15) is 5.56 Å². The van der Waals surface area contributed by atoms with E-state index in [1.165, 1.54) is 24.3 Å². The Balaban J connectivity index is 2.97. The summed E-state index contributed by atoms with van der Waals surface area (Å²) in [6.07, 6.45) is -4.38. The normalized spacial score (nSPS) is 11.3. The number of rotatable bonds is 1. The van der Waals surface area contributed by atoms with E-state index in [9.17, 15) is 13.2 Å². The number of allylic oxidation sites excluding steroid dienone is 1. The van der Waals surface area contributed by atoms with Crippen molar-refractivity contribution in [2.75, 3.05) is 0 Å². The van der Waals surface area contributed by atoms with Crippen molar-refractivity contribution in [1.82, 2.24) is 0 Å². The topological polar surface area (TPSA) is 0 Å². The van der Waals surface area contributed by atoms with Crippen molar-refractivity contribution in [2.45, 2.75) is 6.18 Å². The molecule has 0 saturated heterocycles. The highest BCUT2D eigenvalue weighted by Gasteiger charge is 2.32. The lowest BCUT2D eigenvalue weighted by atomic mass is 9.94. The minimum atomic E-state index is -4.38. The second-order valence-electron chi connectivity index (χ2n) is 2.60. The van der Waals surface area contributed by atoms with Crippen LogP contribution in [0.2, 0.25) is 0 Å². The van der Waals surface area contributed by atoms with Crippen LogP contribution in [0.3, 0.4) is 0 Å². The number of halogens is 3. The zero-order valence-electron chi connectivity index (χ0n) is 6.73. The summed E-state index contributed by atoms with van der Waals surface area (Å²) in [7, 11) is 5.32.